The molecule has 2 fully saturated rings. The molecule has 2 aliphatic heterocycles. The van der Waals surface area contributed by atoms with Crippen molar-refractivity contribution in [3.8, 4) is 0 Å². The number of alkyl halides is 3. The standard InChI is InChI=1S/C16H17F3N4O3S/c1-22-13-9(11(21-22)16(17,18)19)7-10(27-13)12(24)23-5-2-3-15(4-6-23)8-20-14(25)26-15/h7H,2-6,8H2,1H3,(H,20,25). The summed E-state index contributed by atoms with van der Waals surface area (Å²) in [4.78, 5) is 26.4. The molecule has 11 heteroatoms. The summed E-state index contributed by atoms with van der Waals surface area (Å²) in [6, 6.07) is 1.27. The van der Waals surface area contributed by atoms with Crippen LogP contribution in [-0.4, -0.2) is 51.9 Å². The lowest BCUT2D eigenvalue weighted by molar-refractivity contribution is -0.140. The Bertz CT molecular complexity index is 922. The molecule has 4 heterocycles. The van der Waals surface area contributed by atoms with Crippen molar-refractivity contribution in [2.45, 2.75) is 31.0 Å². The number of ether oxygens (including phenoxy) is 1. The molecule has 2 aliphatic rings. The highest BCUT2D eigenvalue weighted by Crippen LogP contribution is 2.38. The van der Waals surface area contributed by atoms with Crippen molar-refractivity contribution in [3.05, 3.63) is 16.6 Å². The van der Waals surface area contributed by atoms with Gasteiger partial charge in [0.25, 0.3) is 5.91 Å². The largest absolute Gasteiger partial charge is 0.441 e. The van der Waals surface area contributed by atoms with Crippen LogP contribution in [0.2, 0.25) is 0 Å². The normalized spacial score (nSPS) is 23.6. The SMILES string of the molecule is Cn1nc(C(F)(F)F)c2cc(C(=O)N3CCCC4(CC3)CNC(=O)O4)sc21. The molecule has 4 rings (SSSR count). The van der Waals surface area contributed by atoms with Gasteiger partial charge in [0.2, 0.25) is 0 Å². The monoisotopic (exact) mass is 402 g/mol. The first-order valence-electron chi connectivity index (χ1n) is 8.48. The summed E-state index contributed by atoms with van der Waals surface area (Å²) in [6.07, 6.45) is -3.23. The molecule has 2 aromatic heterocycles. The summed E-state index contributed by atoms with van der Waals surface area (Å²) in [6.45, 7) is 1.26. The summed E-state index contributed by atoms with van der Waals surface area (Å²) in [5.74, 6) is -0.307. The molecular formula is C16H17F3N4O3S. The van der Waals surface area contributed by atoms with Gasteiger partial charge < -0.3 is 15.0 Å². The van der Waals surface area contributed by atoms with Crippen molar-refractivity contribution in [3.63, 3.8) is 0 Å². The number of carbonyl (C=O) groups excluding carboxylic acids is 2. The van der Waals surface area contributed by atoms with Crippen LogP contribution < -0.4 is 5.32 Å². The van der Waals surface area contributed by atoms with E-state index in [9.17, 15) is 22.8 Å². The molecule has 27 heavy (non-hydrogen) atoms. The maximum Gasteiger partial charge on any atom is 0.435 e. The lowest BCUT2D eigenvalue weighted by atomic mass is 9.95. The second kappa shape index (κ2) is 6.11. The number of hydrogen-bond donors (Lipinski definition) is 1. The van der Waals surface area contributed by atoms with Crippen LogP contribution in [0, 0.1) is 0 Å². The second-order valence-corrected chi connectivity index (χ2v) is 7.90. The molecule has 2 amide bonds. The van der Waals surface area contributed by atoms with Gasteiger partial charge in [-0.1, -0.05) is 0 Å². The maximum atomic E-state index is 13.1. The zero-order valence-electron chi connectivity index (χ0n) is 14.4. The molecule has 1 atom stereocenters. The number of fused-ring (bicyclic) bond motifs is 1. The first-order chi connectivity index (χ1) is 12.7. The Morgan fingerprint density at radius 3 is 2.81 bits per heavy atom. The van der Waals surface area contributed by atoms with Crippen molar-refractivity contribution in [2.75, 3.05) is 19.6 Å². The first-order valence-corrected chi connectivity index (χ1v) is 9.30. The van der Waals surface area contributed by atoms with E-state index in [0.717, 1.165) is 16.0 Å². The number of halogens is 3. The van der Waals surface area contributed by atoms with Crippen LogP contribution in [0.5, 0.6) is 0 Å². The smallest absolute Gasteiger partial charge is 0.435 e. The fourth-order valence-electron chi connectivity index (χ4n) is 3.66. The fourth-order valence-corrected chi connectivity index (χ4v) is 4.70. The minimum absolute atomic E-state index is 0.0569. The molecule has 0 aromatic carbocycles. The van der Waals surface area contributed by atoms with Crippen LogP contribution in [0.1, 0.15) is 34.6 Å². The van der Waals surface area contributed by atoms with Crippen LogP contribution in [0.4, 0.5) is 18.0 Å². The lowest BCUT2D eigenvalue weighted by Gasteiger charge is -2.24. The van der Waals surface area contributed by atoms with Gasteiger partial charge in [-0.25, -0.2) is 4.79 Å². The Morgan fingerprint density at radius 2 is 2.15 bits per heavy atom. The van der Waals surface area contributed by atoms with E-state index < -0.39 is 23.6 Å². The second-order valence-electron chi connectivity index (χ2n) is 6.87. The number of nitrogens with zero attached hydrogens (tertiary/aromatic N) is 3. The Labute approximate surface area is 156 Å². The van der Waals surface area contributed by atoms with Gasteiger partial charge in [-0.2, -0.15) is 18.3 Å². The van der Waals surface area contributed by atoms with Gasteiger partial charge in [0.1, 0.15) is 10.4 Å². The summed E-state index contributed by atoms with van der Waals surface area (Å²) in [7, 11) is 1.43. The Balaban J connectivity index is 1.57. The number of aromatic nitrogens is 2. The molecule has 0 radical (unpaired) electrons. The van der Waals surface area contributed by atoms with Crippen molar-refractivity contribution in [1.29, 1.82) is 0 Å². The minimum Gasteiger partial charge on any atom is -0.441 e. The number of alkyl carbamates (subject to hydrolysis) is 1. The van der Waals surface area contributed by atoms with Crippen molar-refractivity contribution in [2.24, 2.45) is 7.05 Å². The molecule has 1 unspecified atom stereocenters. The van der Waals surface area contributed by atoms with Crippen molar-refractivity contribution in [1.82, 2.24) is 20.0 Å². The number of aryl methyl sites for hydroxylation is 1. The van der Waals surface area contributed by atoms with Gasteiger partial charge in [-0.15, -0.1) is 11.3 Å². The van der Waals surface area contributed by atoms with Crippen LogP contribution in [0.3, 0.4) is 0 Å². The average molecular weight is 402 g/mol. The van der Waals surface area contributed by atoms with E-state index in [1.165, 1.54) is 13.1 Å². The topological polar surface area (TPSA) is 76.5 Å². The highest BCUT2D eigenvalue weighted by Gasteiger charge is 2.42. The number of likely N-dealkylation sites (tertiary alicyclic amines) is 1. The third-order valence-electron chi connectivity index (χ3n) is 5.04. The molecule has 1 spiro atoms. The third kappa shape index (κ3) is 3.13. The number of nitrogens with one attached hydrogen (secondary N) is 1. The van der Waals surface area contributed by atoms with Crippen molar-refractivity contribution >= 4 is 33.6 Å². The van der Waals surface area contributed by atoms with Gasteiger partial charge in [-0.3, -0.25) is 9.48 Å². The van der Waals surface area contributed by atoms with E-state index in [4.69, 9.17) is 4.74 Å². The predicted octanol–water partition coefficient (Wildman–Crippen LogP) is 2.76. The average Bonchev–Trinajstić information content (AvgIpc) is 3.20. The zero-order valence-corrected chi connectivity index (χ0v) is 15.2. The first kappa shape index (κ1) is 18.1. The molecule has 0 saturated carbocycles. The minimum atomic E-state index is -4.57. The van der Waals surface area contributed by atoms with E-state index in [2.05, 4.69) is 10.4 Å². The highest BCUT2D eigenvalue weighted by atomic mass is 32.1. The number of carbonyl (C=O) groups is 2. The Morgan fingerprint density at radius 1 is 1.37 bits per heavy atom. The number of rotatable bonds is 1. The molecule has 0 bridgehead atoms. The van der Waals surface area contributed by atoms with Crippen LogP contribution in [0.25, 0.3) is 10.2 Å². The van der Waals surface area contributed by atoms with Gasteiger partial charge in [0, 0.05) is 31.9 Å². The number of hydrogen-bond acceptors (Lipinski definition) is 5. The summed E-state index contributed by atoms with van der Waals surface area (Å²) in [5, 5.41) is 6.11. The van der Waals surface area contributed by atoms with Crippen molar-refractivity contribution < 1.29 is 27.5 Å². The fraction of sp³-hybridized carbons (Fsp3) is 0.562. The Kier molecular flexibility index (Phi) is 4.09. The number of thiophene rings is 1. The molecule has 7 nitrogen and oxygen atoms in total. The Hall–Kier alpha value is -2.30. The summed E-state index contributed by atoms with van der Waals surface area (Å²) >= 11 is 1.01. The molecule has 146 valence electrons. The predicted molar refractivity (Wildman–Crippen MR) is 90.6 cm³/mol. The van der Waals surface area contributed by atoms with Gasteiger partial charge in [0.05, 0.1) is 11.4 Å². The molecule has 2 saturated heterocycles. The molecule has 1 N–H and O–H groups in total. The van der Waals surface area contributed by atoms with E-state index >= 15 is 0 Å². The van der Waals surface area contributed by atoms with Gasteiger partial charge in [0.15, 0.2) is 5.69 Å². The third-order valence-corrected chi connectivity index (χ3v) is 6.23. The van der Waals surface area contributed by atoms with Crippen LogP contribution >= 0.6 is 11.3 Å². The van der Waals surface area contributed by atoms with E-state index in [1.807, 2.05) is 0 Å². The summed E-state index contributed by atoms with van der Waals surface area (Å²) < 4.78 is 46.0. The molecular weight excluding hydrogens is 385 g/mol. The van der Waals surface area contributed by atoms with E-state index in [1.54, 1.807) is 4.90 Å². The quantitative estimate of drug-likeness (QED) is 0.796. The maximum absolute atomic E-state index is 13.1. The van der Waals surface area contributed by atoms with Crippen LogP contribution in [-0.2, 0) is 18.0 Å². The molecule has 0 aliphatic carbocycles. The van der Waals surface area contributed by atoms with Gasteiger partial charge in [-0.05, 0) is 18.9 Å². The number of amides is 2. The van der Waals surface area contributed by atoms with Crippen LogP contribution in [0.15, 0.2) is 6.07 Å². The summed E-state index contributed by atoms with van der Waals surface area (Å²) in [5.41, 5.74) is -1.58. The van der Waals surface area contributed by atoms with E-state index in [0.29, 0.717) is 43.7 Å². The lowest BCUT2D eigenvalue weighted by Crippen LogP contribution is -2.36. The zero-order chi connectivity index (χ0) is 19.4. The molecule has 2 aromatic rings. The highest BCUT2D eigenvalue weighted by molar-refractivity contribution is 7.20. The van der Waals surface area contributed by atoms with E-state index in [-0.39, 0.29) is 16.2 Å². The van der Waals surface area contributed by atoms with Gasteiger partial charge >= 0.3 is 12.3 Å².